The number of hydrogen-bond donors (Lipinski definition) is 3. The average molecular weight is 688 g/mol. The minimum atomic E-state index is -4.81. The number of rotatable bonds is 10. The number of carbonyl (C=O) groups is 2. The fourth-order valence-electron chi connectivity index (χ4n) is 5.49. The summed E-state index contributed by atoms with van der Waals surface area (Å²) in [6, 6.07) is 5.57. The van der Waals surface area contributed by atoms with Crippen molar-refractivity contribution in [1.82, 2.24) is 25.2 Å². The van der Waals surface area contributed by atoms with E-state index in [0.29, 0.717) is 12.8 Å². The monoisotopic (exact) mass is 687 g/mol. The molecule has 2 aliphatic carbocycles. The summed E-state index contributed by atoms with van der Waals surface area (Å²) in [5.41, 5.74) is -2.80. The molecule has 2 fully saturated rings. The van der Waals surface area contributed by atoms with Crippen LogP contribution < -0.4 is 20.7 Å². The number of aryl methyl sites for hydroxylation is 1. The van der Waals surface area contributed by atoms with Gasteiger partial charge >= 0.3 is 12.4 Å². The van der Waals surface area contributed by atoms with Gasteiger partial charge in [0.25, 0.3) is 12.3 Å². The van der Waals surface area contributed by atoms with Gasteiger partial charge < -0.3 is 20.7 Å². The highest BCUT2D eigenvalue weighted by atomic mass is 19.4. The second-order valence-corrected chi connectivity index (χ2v) is 11.8. The summed E-state index contributed by atoms with van der Waals surface area (Å²) < 4.78 is 113. The van der Waals surface area contributed by atoms with E-state index in [4.69, 9.17) is 4.74 Å². The number of alkyl halides is 8. The number of hydrogen-bond acceptors (Lipinski definition) is 7. The molecule has 0 aliphatic heterocycles. The van der Waals surface area contributed by atoms with Gasteiger partial charge in [-0.15, -0.1) is 0 Å². The Kier molecular flexibility index (Phi) is 9.44. The summed E-state index contributed by atoms with van der Waals surface area (Å²) in [6.07, 6.45) is -11.7. The number of anilines is 2. The highest BCUT2D eigenvalue weighted by Gasteiger charge is 2.50. The molecule has 48 heavy (non-hydrogen) atoms. The number of fused-ring (bicyclic) bond motifs is 1. The fourth-order valence-corrected chi connectivity index (χ4v) is 5.49. The van der Waals surface area contributed by atoms with Crippen LogP contribution in [0.3, 0.4) is 0 Å². The maximum atomic E-state index is 14.0. The van der Waals surface area contributed by atoms with Gasteiger partial charge in [-0.2, -0.15) is 36.6 Å². The Labute approximate surface area is 267 Å². The number of ether oxygens (including phenoxy) is 1. The first kappa shape index (κ1) is 34.6. The van der Waals surface area contributed by atoms with Crippen LogP contribution in [-0.2, 0) is 24.6 Å². The Morgan fingerprint density at radius 2 is 1.77 bits per heavy atom. The number of nitrogens with zero attached hydrogens (tertiary/aromatic N) is 4. The van der Waals surface area contributed by atoms with Crippen molar-refractivity contribution in [3.05, 3.63) is 41.0 Å². The molecule has 2 saturated carbocycles. The second-order valence-electron chi connectivity index (χ2n) is 11.8. The molecule has 0 saturated heterocycles. The molecule has 0 radical (unpaired) electrons. The van der Waals surface area contributed by atoms with E-state index in [0.717, 1.165) is 18.2 Å². The number of halogens is 8. The third kappa shape index (κ3) is 7.55. The number of nitriles is 1. The SMILES string of the molecule is Cn1c(Nc2cc(CNC(=O)C3(C#N)CC3)ccc2C(F)(F)F)nc2cc(C(=O)N[C@H]3CC[C@H](C(F)(F)F)CC3)c(OCC(F)F)nc21. The van der Waals surface area contributed by atoms with E-state index < -0.39 is 71.7 Å². The molecule has 18 heteroatoms. The predicted octanol–water partition coefficient (Wildman–Crippen LogP) is 6.15. The van der Waals surface area contributed by atoms with Crippen LogP contribution in [0.25, 0.3) is 11.2 Å². The molecular formula is C30H29F8N7O3. The average Bonchev–Trinajstić information content (AvgIpc) is 3.77. The van der Waals surface area contributed by atoms with Crippen molar-refractivity contribution in [3.8, 4) is 11.9 Å². The normalized spacial score (nSPS) is 19.1. The van der Waals surface area contributed by atoms with E-state index in [1.165, 1.54) is 17.7 Å². The fraction of sp³-hybridized carbons (Fsp3) is 0.500. The van der Waals surface area contributed by atoms with Crippen LogP contribution in [0.5, 0.6) is 5.88 Å². The molecule has 0 unspecified atom stereocenters. The molecule has 0 spiro atoms. The zero-order valence-corrected chi connectivity index (χ0v) is 25.2. The Hall–Kier alpha value is -4.69. The first-order valence-electron chi connectivity index (χ1n) is 14.8. The lowest BCUT2D eigenvalue weighted by atomic mass is 9.85. The zero-order chi connectivity index (χ0) is 35.0. The lowest BCUT2D eigenvalue weighted by Gasteiger charge is -2.30. The van der Waals surface area contributed by atoms with E-state index >= 15 is 0 Å². The van der Waals surface area contributed by atoms with Crippen LogP contribution in [0, 0.1) is 22.7 Å². The Morgan fingerprint density at radius 1 is 1.08 bits per heavy atom. The smallest absolute Gasteiger partial charge is 0.418 e. The second kappa shape index (κ2) is 13.1. The van der Waals surface area contributed by atoms with Crippen molar-refractivity contribution in [1.29, 1.82) is 5.26 Å². The number of benzene rings is 1. The number of pyridine rings is 1. The lowest BCUT2D eigenvalue weighted by Crippen LogP contribution is -2.40. The largest absolute Gasteiger partial charge is 0.471 e. The number of amides is 2. The zero-order valence-electron chi connectivity index (χ0n) is 25.2. The molecule has 3 aromatic rings. The maximum Gasteiger partial charge on any atom is 0.418 e. The minimum Gasteiger partial charge on any atom is -0.471 e. The van der Waals surface area contributed by atoms with Gasteiger partial charge in [-0.1, -0.05) is 6.07 Å². The molecule has 258 valence electrons. The van der Waals surface area contributed by atoms with Crippen molar-refractivity contribution >= 4 is 34.6 Å². The van der Waals surface area contributed by atoms with Crippen molar-refractivity contribution < 1.29 is 49.4 Å². The van der Waals surface area contributed by atoms with Crippen LogP contribution in [0.2, 0.25) is 0 Å². The Balaban J connectivity index is 1.42. The lowest BCUT2D eigenvalue weighted by molar-refractivity contribution is -0.182. The molecule has 0 atom stereocenters. The van der Waals surface area contributed by atoms with Gasteiger partial charge in [0.1, 0.15) is 16.5 Å². The van der Waals surface area contributed by atoms with Gasteiger partial charge in [0, 0.05) is 19.6 Å². The van der Waals surface area contributed by atoms with E-state index in [2.05, 4.69) is 25.9 Å². The summed E-state index contributed by atoms with van der Waals surface area (Å²) in [4.78, 5) is 34.0. The van der Waals surface area contributed by atoms with Crippen LogP contribution >= 0.6 is 0 Å². The summed E-state index contributed by atoms with van der Waals surface area (Å²) in [7, 11) is 1.37. The van der Waals surface area contributed by atoms with Crippen LogP contribution in [-0.4, -0.2) is 51.6 Å². The van der Waals surface area contributed by atoms with E-state index in [-0.39, 0.29) is 60.5 Å². The molecule has 2 aromatic heterocycles. The van der Waals surface area contributed by atoms with E-state index in [1.54, 1.807) is 0 Å². The number of carbonyl (C=O) groups excluding carboxylic acids is 2. The number of nitrogens with one attached hydrogen (secondary N) is 3. The first-order chi connectivity index (χ1) is 22.5. The van der Waals surface area contributed by atoms with Gasteiger partial charge in [-0.05, 0) is 62.3 Å². The summed E-state index contributed by atoms with van der Waals surface area (Å²) >= 11 is 0. The van der Waals surface area contributed by atoms with Gasteiger partial charge in [0.05, 0.1) is 23.2 Å². The third-order valence-electron chi connectivity index (χ3n) is 8.41. The predicted molar refractivity (Wildman–Crippen MR) is 153 cm³/mol. The molecule has 1 aromatic carbocycles. The quantitative estimate of drug-likeness (QED) is 0.218. The van der Waals surface area contributed by atoms with Crippen LogP contribution in [0.15, 0.2) is 24.3 Å². The molecule has 2 amide bonds. The number of imidazole rings is 1. The van der Waals surface area contributed by atoms with Gasteiger partial charge in [-0.25, -0.2) is 13.8 Å². The van der Waals surface area contributed by atoms with Gasteiger partial charge in [0.15, 0.2) is 12.3 Å². The van der Waals surface area contributed by atoms with E-state index in [1.807, 2.05) is 6.07 Å². The highest BCUT2D eigenvalue weighted by Crippen LogP contribution is 2.45. The molecular weight excluding hydrogens is 658 g/mol. The van der Waals surface area contributed by atoms with Gasteiger partial charge in [0.2, 0.25) is 17.7 Å². The molecule has 2 heterocycles. The van der Waals surface area contributed by atoms with Crippen molar-refractivity contribution in [3.63, 3.8) is 0 Å². The van der Waals surface area contributed by atoms with Gasteiger partial charge in [-0.3, -0.25) is 14.2 Å². The Bertz CT molecular complexity index is 1740. The molecule has 3 N–H and O–H groups in total. The van der Waals surface area contributed by atoms with Crippen LogP contribution in [0.4, 0.5) is 46.8 Å². The molecule has 5 rings (SSSR count). The van der Waals surface area contributed by atoms with Crippen molar-refractivity contribution in [2.24, 2.45) is 18.4 Å². The minimum absolute atomic E-state index is 0.0277. The summed E-state index contributed by atoms with van der Waals surface area (Å²) in [6.45, 7) is -1.31. The van der Waals surface area contributed by atoms with E-state index in [9.17, 15) is 50.0 Å². The highest BCUT2D eigenvalue weighted by molar-refractivity contribution is 5.99. The molecule has 0 bridgehead atoms. The third-order valence-corrected chi connectivity index (χ3v) is 8.41. The number of aromatic nitrogens is 3. The summed E-state index contributed by atoms with van der Waals surface area (Å²) in [5, 5.41) is 17.0. The molecule has 10 nitrogen and oxygen atoms in total. The summed E-state index contributed by atoms with van der Waals surface area (Å²) in [5.74, 6) is -3.60. The topological polar surface area (TPSA) is 134 Å². The van der Waals surface area contributed by atoms with Crippen molar-refractivity contribution in [2.45, 2.75) is 69.9 Å². The Morgan fingerprint density at radius 3 is 2.35 bits per heavy atom. The first-order valence-corrected chi connectivity index (χ1v) is 14.8. The maximum absolute atomic E-state index is 14.0. The van der Waals surface area contributed by atoms with Crippen LogP contribution in [0.1, 0.15) is 60.0 Å². The standard InChI is InChI=1S/C30H29F8N7O3/c1-45-23-21(11-18(25(44-23)48-13-22(31)32)24(46)41-17-5-3-16(4-6-17)29(33,34)35)43-27(45)42-20-10-15(2-7-19(20)30(36,37)38)12-40-26(47)28(14-39)8-9-28/h2,7,10-11,16-17,22H,3-6,8-9,12-13H2,1H3,(H,40,47)(H,41,46)(H,42,43)/t16-,17-. The molecule has 2 aliphatic rings. The van der Waals surface area contributed by atoms with Crippen molar-refractivity contribution in [2.75, 3.05) is 11.9 Å².